The van der Waals surface area contributed by atoms with Gasteiger partial charge in [-0.3, -0.25) is 0 Å². The van der Waals surface area contributed by atoms with Gasteiger partial charge in [-0.1, -0.05) is 163 Å². The summed E-state index contributed by atoms with van der Waals surface area (Å²) < 4.78 is 13.9. The van der Waals surface area contributed by atoms with Crippen LogP contribution in [0.25, 0.3) is 88.4 Å². The van der Waals surface area contributed by atoms with Crippen LogP contribution in [0.2, 0.25) is 0 Å². The molecule has 0 spiro atoms. The van der Waals surface area contributed by atoms with Crippen molar-refractivity contribution in [2.45, 2.75) is 78.1 Å². The molecule has 0 unspecified atom stereocenters. The SMILES string of the molecule is Cc1ccc(N(c2ccc3c(c2)Cc2cc(-c4ccccc4C(C)(C)C)c4oc5ccccc5c4c2-3)c2ccc3c(c2)C(C)(C)c2c4c(c5oc6ccccc6c5c2-3)-c2ccccc2C4(C)C)cc1. The van der Waals surface area contributed by atoms with Crippen molar-refractivity contribution in [1.29, 1.82) is 0 Å². The van der Waals surface area contributed by atoms with E-state index in [2.05, 4.69) is 224 Å². The minimum Gasteiger partial charge on any atom is -0.455 e. The van der Waals surface area contributed by atoms with E-state index in [1.807, 2.05) is 0 Å². The Morgan fingerprint density at radius 2 is 1.00 bits per heavy atom. The Morgan fingerprint density at radius 3 is 1.72 bits per heavy atom. The molecule has 0 N–H and O–H groups in total. The third kappa shape index (κ3) is 5.45. The van der Waals surface area contributed by atoms with Crippen molar-refractivity contribution < 1.29 is 8.83 Å². The van der Waals surface area contributed by atoms with Crippen LogP contribution in [-0.4, -0.2) is 0 Å². The molecule has 0 atom stereocenters. The molecule has 3 aliphatic carbocycles. The van der Waals surface area contributed by atoms with E-state index in [1.54, 1.807) is 0 Å². The molecule has 0 radical (unpaired) electrons. The van der Waals surface area contributed by atoms with Gasteiger partial charge >= 0.3 is 0 Å². The molecule has 0 saturated carbocycles. The third-order valence-corrected chi connectivity index (χ3v) is 16.2. The van der Waals surface area contributed by atoms with Crippen molar-refractivity contribution >= 4 is 60.9 Å². The highest BCUT2D eigenvalue weighted by Crippen LogP contribution is 2.64. The van der Waals surface area contributed by atoms with Crippen LogP contribution in [0.4, 0.5) is 17.1 Å². The first kappa shape index (κ1) is 40.4. The Balaban J connectivity index is 0.960. The molecule has 2 aromatic heterocycles. The van der Waals surface area contributed by atoms with Crippen LogP contribution in [0.15, 0.2) is 173 Å². The Labute approximate surface area is 403 Å². The number of furan rings is 2. The van der Waals surface area contributed by atoms with Gasteiger partial charge in [-0.25, -0.2) is 0 Å². The molecule has 3 aliphatic rings. The van der Waals surface area contributed by atoms with E-state index in [0.29, 0.717) is 0 Å². The molecule has 0 aliphatic heterocycles. The molecule has 69 heavy (non-hydrogen) atoms. The standard InChI is InChI=1S/C66H53NO2/c1-37-25-27-40(28-26-37)67(41-29-31-43-38(34-41)33-39-35-49(44-17-9-13-21-50(44)64(2,3)4)62-57(55(39)43)47-19-11-15-23-53(47)68-62)42-30-32-46-52(36-42)66(7,8)60-56(46)58-48-20-12-16-24-54(48)69-63(58)59-45-18-10-14-22-51(45)65(5,6)61(59)60/h9-32,34-36H,33H2,1-8H3. The number of nitrogens with zero attached hydrogens (tertiary/aromatic N) is 1. The van der Waals surface area contributed by atoms with Gasteiger partial charge in [-0.2, -0.15) is 0 Å². The first-order valence-corrected chi connectivity index (χ1v) is 24.6. The summed E-state index contributed by atoms with van der Waals surface area (Å²) >= 11 is 0. The second kappa shape index (κ2) is 13.8. The zero-order valence-corrected chi connectivity index (χ0v) is 40.6. The number of anilines is 3. The van der Waals surface area contributed by atoms with E-state index >= 15 is 0 Å². The maximum Gasteiger partial charge on any atom is 0.144 e. The van der Waals surface area contributed by atoms with Crippen molar-refractivity contribution in [3.05, 3.63) is 208 Å². The summed E-state index contributed by atoms with van der Waals surface area (Å²) in [5, 5.41) is 4.77. The number of para-hydroxylation sites is 2. The molecule has 9 aromatic carbocycles. The van der Waals surface area contributed by atoms with Gasteiger partial charge in [-0.05, 0) is 146 Å². The van der Waals surface area contributed by atoms with Crippen molar-refractivity contribution in [1.82, 2.24) is 0 Å². The predicted octanol–water partition coefficient (Wildman–Crippen LogP) is 18.4. The van der Waals surface area contributed by atoms with Crippen LogP contribution >= 0.6 is 0 Å². The Hall–Kier alpha value is -7.62. The van der Waals surface area contributed by atoms with Crippen LogP contribution in [0.5, 0.6) is 0 Å². The van der Waals surface area contributed by atoms with Crippen LogP contribution in [0.3, 0.4) is 0 Å². The largest absolute Gasteiger partial charge is 0.455 e. The van der Waals surface area contributed by atoms with Gasteiger partial charge < -0.3 is 13.7 Å². The lowest BCUT2D eigenvalue weighted by molar-refractivity contribution is 0.592. The molecule has 0 amide bonds. The molecule has 0 saturated heterocycles. The smallest absolute Gasteiger partial charge is 0.144 e. The summed E-state index contributed by atoms with van der Waals surface area (Å²) in [5.74, 6) is 0. The van der Waals surface area contributed by atoms with Gasteiger partial charge in [0.05, 0.1) is 0 Å². The maximum absolute atomic E-state index is 6.98. The summed E-state index contributed by atoms with van der Waals surface area (Å²) in [6.45, 7) is 18.8. The second-order valence-corrected chi connectivity index (χ2v) is 22.1. The van der Waals surface area contributed by atoms with Crippen molar-refractivity contribution in [2.24, 2.45) is 0 Å². The van der Waals surface area contributed by atoms with E-state index in [-0.39, 0.29) is 16.2 Å². The molecule has 14 rings (SSSR count). The highest BCUT2D eigenvalue weighted by molar-refractivity contribution is 6.21. The van der Waals surface area contributed by atoms with Crippen LogP contribution in [0.1, 0.15) is 93.0 Å². The molecule has 0 bridgehead atoms. The van der Waals surface area contributed by atoms with E-state index in [4.69, 9.17) is 8.83 Å². The summed E-state index contributed by atoms with van der Waals surface area (Å²) in [6.07, 6.45) is 0.838. The summed E-state index contributed by atoms with van der Waals surface area (Å²) in [5.41, 5.74) is 27.6. The number of rotatable bonds is 4. The maximum atomic E-state index is 6.98. The van der Waals surface area contributed by atoms with Gasteiger partial charge in [0.25, 0.3) is 0 Å². The van der Waals surface area contributed by atoms with Crippen LogP contribution in [-0.2, 0) is 22.7 Å². The fourth-order valence-corrected chi connectivity index (χ4v) is 13.1. The third-order valence-electron chi connectivity index (χ3n) is 16.2. The van der Waals surface area contributed by atoms with Crippen molar-refractivity contribution in [2.75, 3.05) is 4.90 Å². The topological polar surface area (TPSA) is 29.5 Å². The lowest BCUT2D eigenvalue weighted by Crippen LogP contribution is -2.24. The summed E-state index contributed by atoms with van der Waals surface area (Å²) in [4.78, 5) is 2.48. The number of fused-ring (bicyclic) bond motifs is 19. The van der Waals surface area contributed by atoms with E-state index in [0.717, 1.165) is 51.2 Å². The van der Waals surface area contributed by atoms with Gasteiger partial charge in [0.15, 0.2) is 0 Å². The fraction of sp³-hybridized carbons (Fsp3) is 0.182. The minimum absolute atomic E-state index is 0.0385. The Morgan fingerprint density at radius 1 is 0.449 bits per heavy atom. The Bertz CT molecular complexity index is 4030. The highest BCUT2D eigenvalue weighted by Gasteiger charge is 2.48. The Kier molecular flexibility index (Phi) is 8.07. The first-order valence-electron chi connectivity index (χ1n) is 24.6. The van der Waals surface area contributed by atoms with Gasteiger partial charge in [0.2, 0.25) is 0 Å². The molecular formula is C66H53NO2. The zero-order chi connectivity index (χ0) is 46.9. The molecule has 0 fully saturated rings. The average Bonchev–Trinajstić information content (AvgIpc) is 4.13. The second-order valence-electron chi connectivity index (χ2n) is 22.1. The molecule has 334 valence electrons. The van der Waals surface area contributed by atoms with Gasteiger partial charge in [0.1, 0.15) is 22.3 Å². The van der Waals surface area contributed by atoms with Crippen molar-refractivity contribution in [3.63, 3.8) is 0 Å². The van der Waals surface area contributed by atoms with Crippen LogP contribution < -0.4 is 4.90 Å². The first-order chi connectivity index (χ1) is 33.3. The fourth-order valence-electron chi connectivity index (χ4n) is 13.1. The van der Waals surface area contributed by atoms with E-state index in [1.165, 1.54) is 105 Å². The summed E-state index contributed by atoms with van der Waals surface area (Å²) in [7, 11) is 0. The highest BCUT2D eigenvalue weighted by atomic mass is 16.3. The number of hydrogen-bond donors (Lipinski definition) is 0. The van der Waals surface area contributed by atoms with Crippen molar-refractivity contribution in [3.8, 4) is 44.5 Å². The molecule has 11 aromatic rings. The summed E-state index contributed by atoms with van der Waals surface area (Å²) in [6, 6.07) is 60.9. The predicted molar refractivity (Wildman–Crippen MR) is 288 cm³/mol. The molecular weight excluding hydrogens is 839 g/mol. The number of hydrogen-bond acceptors (Lipinski definition) is 3. The monoisotopic (exact) mass is 891 g/mol. The molecule has 2 heterocycles. The minimum atomic E-state index is -0.308. The number of aryl methyl sites for hydroxylation is 1. The van der Waals surface area contributed by atoms with Crippen LogP contribution in [0, 0.1) is 6.92 Å². The van der Waals surface area contributed by atoms with E-state index in [9.17, 15) is 0 Å². The molecule has 3 heteroatoms. The lowest BCUT2D eigenvalue weighted by atomic mass is 9.72. The number of benzene rings is 9. The van der Waals surface area contributed by atoms with E-state index < -0.39 is 0 Å². The lowest BCUT2D eigenvalue weighted by Gasteiger charge is -2.31. The normalized spacial score (nSPS) is 14.8. The average molecular weight is 892 g/mol. The van der Waals surface area contributed by atoms with Gasteiger partial charge in [-0.15, -0.1) is 0 Å². The quantitative estimate of drug-likeness (QED) is 0.176. The molecule has 3 nitrogen and oxygen atoms in total. The zero-order valence-electron chi connectivity index (χ0n) is 40.6. The van der Waals surface area contributed by atoms with Gasteiger partial charge in [0, 0.05) is 60.6 Å².